The molecule has 0 spiro atoms. The van der Waals surface area contributed by atoms with Gasteiger partial charge < -0.3 is 10.1 Å². The van der Waals surface area contributed by atoms with E-state index in [1.807, 2.05) is 0 Å². The molecule has 1 aliphatic rings. The highest BCUT2D eigenvalue weighted by Gasteiger charge is 2.36. The molecule has 1 aliphatic heterocycles. The molecular formula is C19H17BrF3N5O4S. The number of morpholine rings is 1. The minimum absolute atomic E-state index is 0.000662. The normalized spacial score (nSPS) is 15.7. The highest BCUT2D eigenvalue weighted by atomic mass is 79.9. The Balaban J connectivity index is 1.59. The molecule has 1 saturated heterocycles. The first kappa shape index (κ1) is 23.6. The van der Waals surface area contributed by atoms with Crippen molar-refractivity contribution in [2.75, 3.05) is 31.6 Å². The van der Waals surface area contributed by atoms with Gasteiger partial charge in [0.2, 0.25) is 10.0 Å². The van der Waals surface area contributed by atoms with Crippen molar-refractivity contribution in [1.82, 2.24) is 18.9 Å². The lowest BCUT2D eigenvalue weighted by Crippen LogP contribution is -2.40. The van der Waals surface area contributed by atoms with E-state index in [0.29, 0.717) is 17.7 Å². The number of hydrogen-bond donors (Lipinski definition) is 1. The number of fused-ring (bicyclic) bond motifs is 1. The first-order valence-electron chi connectivity index (χ1n) is 9.61. The molecule has 1 N–H and O–H groups in total. The number of benzene rings is 1. The molecule has 0 unspecified atom stereocenters. The first-order valence-corrected chi connectivity index (χ1v) is 11.8. The number of sulfonamides is 1. The van der Waals surface area contributed by atoms with Crippen molar-refractivity contribution in [2.45, 2.75) is 18.0 Å². The molecule has 9 nitrogen and oxygen atoms in total. The maximum atomic E-state index is 13.4. The Morgan fingerprint density at radius 2 is 1.82 bits per heavy atom. The molecule has 1 fully saturated rings. The zero-order valence-electron chi connectivity index (χ0n) is 17.1. The molecule has 33 heavy (non-hydrogen) atoms. The minimum atomic E-state index is -4.70. The summed E-state index contributed by atoms with van der Waals surface area (Å²) in [7, 11) is -3.70. The number of ether oxygens (including phenoxy) is 1. The van der Waals surface area contributed by atoms with E-state index in [1.165, 1.54) is 35.5 Å². The van der Waals surface area contributed by atoms with Gasteiger partial charge in [-0.3, -0.25) is 4.79 Å². The average Bonchev–Trinajstić information content (AvgIpc) is 3.10. The van der Waals surface area contributed by atoms with Crippen LogP contribution in [0.15, 0.2) is 39.7 Å². The number of carbonyl (C=O) groups excluding carboxylic acids is 1. The molecule has 0 atom stereocenters. The summed E-state index contributed by atoms with van der Waals surface area (Å²) < 4.78 is 72.6. The lowest BCUT2D eigenvalue weighted by Gasteiger charge is -2.26. The Morgan fingerprint density at radius 1 is 1.18 bits per heavy atom. The van der Waals surface area contributed by atoms with Gasteiger partial charge in [-0.15, -0.1) is 0 Å². The summed E-state index contributed by atoms with van der Waals surface area (Å²) in [5, 5.41) is 6.30. The van der Waals surface area contributed by atoms with Gasteiger partial charge in [-0.05, 0) is 53.2 Å². The fourth-order valence-corrected chi connectivity index (χ4v) is 5.22. The van der Waals surface area contributed by atoms with Gasteiger partial charge in [0.25, 0.3) is 5.91 Å². The standard InChI is InChI=1S/C19H17BrF3N5O4S/c1-11-10-14(19(21,22)23)28-17(24-11)15(20)16(26-28)18(29)25-12-2-4-13(5-3-12)33(30,31)27-6-8-32-9-7-27/h2-5,10H,6-9H2,1H3,(H,25,29). The van der Waals surface area contributed by atoms with E-state index in [-0.39, 0.29) is 45.2 Å². The quantitative estimate of drug-likeness (QED) is 0.538. The fourth-order valence-electron chi connectivity index (χ4n) is 3.30. The molecule has 0 saturated carbocycles. The molecule has 4 rings (SSSR count). The number of nitrogens with one attached hydrogen (secondary N) is 1. The number of alkyl halides is 3. The molecule has 0 radical (unpaired) electrons. The Kier molecular flexibility index (Phi) is 6.20. The van der Waals surface area contributed by atoms with Gasteiger partial charge in [-0.25, -0.2) is 17.9 Å². The summed E-state index contributed by atoms with van der Waals surface area (Å²) in [5.74, 6) is -0.790. The number of hydrogen-bond acceptors (Lipinski definition) is 6. The van der Waals surface area contributed by atoms with Crippen LogP contribution in [0.5, 0.6) is 0 Å². The highest BCUT2D eigenvalue weighted by Crippen LogP contribution is 2.32. The van der Waals surface area contributed by atoms with Crippen LogP contribution in [-0.4, -0.2) is 59.5 Å². The maximum Gasteiger partial charge on any atom is 0.433 e. The number of aromatic nitrogens is 3. The lowest BCUT2D eigenvalue weighted by molar-refractivity contribution is -0.142. The second-order valence-corrected chi connectivity index (χ2v) is 9.90. The van der Waals surface area contributed by atoms with Crippen LogP contribution in [-0.2, 0) is 20.9 Å². The van der Waals surface area contributed by atoms with Crippen molar-refractivity contribution in [2.24, 2.45) is 0 Å². The summed E-state index contributed by atoms with van der Waals surface area (Å²) in [5.41, 5.74) is -1.17. The van der Waals surface area contributed by atoms with Gasteiger partial charge >= 0.3 is 6.18 Å². The predicted octanol–water partition coefficient (Wildman–Crippen LogP) is 3.09. The van der Waals surface area contributed by atoms with Crippen molar-refractivity contribution < 1.29 is 31.1 Å². The predicted molar refractivity (Wildman–Crippen MR) is 114 cm³/mol. The summed E-state index contributed by atoms with van der Waals surface area (Å²) in [6.45, 7) is 2.52. The van der Waals surface area contributed by atoms with Gasteiger partial charge in [0.1, 0.15) is 5.69 Å². The third-order valence-corrected chi connectivity index (χ3v) is 7.53. The van der Waals surface area contributed by atoms with E-state index in [4.69, 9.17) is 4.74 Å². The molecule has 3 heterocycles. The lowest BCUT2D eigenvalue weighted by atomic mass is 10.3. The Labute approximate surface area is 194 Å². The molecule has 1 aromatic carbocycles. The van der Waals surface area contributed by atoms with Crippen molar-refractivity contribution in [3.63, 3.8) is 0 Å². The van der Waals surface area contributed by atoms with Crippen LogP contribution in [0.4, 0.5) is 18.9 Å². The second kappa shape index (κ2) is 8.66. The van der Waals surface area contributed by atoms with Crippen LogP contribution >= 0.6 is 15.9 Å². The van der Waals surface area contributed by atoms with E-state index in [0.717, 1.165) is 6.07 Å². The van der Waals surface area contributed by atoms with Crippen molar-refractivity contribution in [3.8, 4) is 0 Å². The molecule has 1 amide bonds. The summed E-state index contributed by atoms with van der Waals surface area (Å²) in [4.78, 5) is 16.8. The molecular weight excluding hydrogens is 531 g/mol. The SMILES string of the molecule is Cc1cc(C(F)(F)F)n2nc(C(=O)Nc3ccc(S(=O)(=O)N4CCOCC4)cc3)c(Br)c2n1. The maximum absolute atomic E-state index is 13.4. The van der Waals surface area contributed by atoms with E-state index in [9.17, 15) is 26.4 Å². The molecule has 0 bridgehead atoms. The Morgan fingerprint density at radius 3 is 2.42 bits per heavy atom. The van der Waals surface area contributed by atoms with Crippen LogP contribution in [0.1, 0.15) is 21.9 Å². The summed E-state index contributed by atoms with van der Waals surface area (Å²) in [6, 6.07) is 6.29. The molecule has 3 aromatic rings. The fraction of sp³-hybridized carbons (Fsp3) is 0.316. The van der Waals surface area contributed by atoms with Gasteiger partial charge in [-0.1, -0.05) is 0 Å². The molecule has 176 valence electrons. The van der Waals surface area contributed by atoms with Crippen LogP contribution in [0, 0.1) is 6.92 Å². The largest absolute Gasteiger partial charge is 0.433 e. The van der Waals surface area contributed by atoms with Crippen molar-refractivity contribution in [1.29, 1.82) is 0 Å². The van der Waals surface area contributed by atoms with Gasteiger partial charge in [0, 0.05) is 24.5 Å². The third kappa shape index (κ3) is 4.60. The first-order chi connectivity index (χ1) is 15.5. The van der Waals surface area contributed by atoms with Gasteiger partial charge in [0.05, 0.1) is 22.6 Å². The second-order valence-electron chi connectivity index (χ2n) is 7.17. The number of amides is 1. The van der Waals surface area contributed by atoms with Gasteiger partial charge in [0.15, 0.2) is 11.3 Å². The third-order valence-electron chi connectivity index (χ3n) is 4.89. The zero-order chi connectivity index (χ0) is 24.0. The van der Waals surface area contributed by atoms with Crippen LogP contribution < -0.4 is 5.32 Å². The Bertz CT molecular complexity index is 1320. The summed E-state index contributed by atoms with van der Waals surface area (Å²) >= 11 is 3.11. The van der Waals surface area contributed by atoms with E-state index >= 15 is 0 Å². The number of carbonyl (C=O) groups is 1. The number of anilines is 1. The van der Waals surface area contributed by atoms with Crippen LogP contribution in [0.2, 0.25) is 0 Å². The molecule has 2 aromatic heterocycles. The summed E-state index contributed by atoms with van der Waals surface area (Å²) in [6.07, 6.45) is -4.70. The smallest absolute Gasteiger partial charge is 0.379 e. The van der Waals surface area contributed by atoms with E-state index in [2.05, 4.69) is 31.3 Å². The van der Waals surface area contributed by atoms with E-state index < -0.39 is 27.8 Å². The molecule has 0 aliphatic carbocycles. The number of aryl methyl sites for hydroxylation is 1. The number of rotatable bonds is 4. The average molecular weight is 548 g/mol. The zero-order valence-corrected chi connectivity index (χ0v) is 19.5. The monoisotopic (exact) mass is 547 g/mol. The van der Waals surface area contributed by atoms with Crippen LogP contribution in [0.25, 0.3) is 5.65 Å². The van der Waals surface area contributed by atoms with Crippen LogP contribution in [0.3, 0.4) is 0 Å². The van der Waals surface area contributed by atoms with Crippen molar-refractivity contribution >= 4 is 43.2 Å². The van der Waals surface area contributed by atoms with E-state index in [1.54, 1.807) is 0 Å². The van der Waals surface area contributed by atoms with Gasteiger partial charge in [-0.2, -0.15) is 22.6 Å². The Hall–Kier alpha value is -2.55. The number of halogens is 4. The minimum Gasteiger partial charge on any atom is -0.379 e. The topological polar surface area (TPSA) is 106 Å². The number of nitrogens with zero attached hydrogens (tertiary/aromatic N) is 4. The molecule has 14 heteroatoms. The van der Waals surface area contributed by atoms with Crippen molar-refractivity contribution in [3.05, 3.63) is 51.9 Å². The highest BCUT2D eigenvalue weighted by molar-refractivity contribution is 9.10.